The molecular weight excluding hydrogens is 439 g/mol. The Bertz CT molecular complexity index is 1180. The summed E-state index contributed by atoms with van der Waals surface area (Å²) in [5.74, 6) is -0.874. The molecular formula is C23H22ClFN2O3S. The molecule has 0 spiro atoms. The van der Waals surface area contributed by atoms with Gasteiger partial charge in [0.1, 0.15) is 12.4 Å². The predicted octanol–water partition coefficient (Wildman–Crippen LogP) is 4.61. The minimum atomic E-state index is -4.03. The van der Waals surface area contributed by atoms with Crippen LogP contribution in [0, 0.1) is 19.7 Å². The molecule has 0 saturated heterocycles. The number of nitrogens with zero attached hydrogens (tertiary/aromatic N) is 1. The van der Waals surface area contributed by atoms with Gasteiger partial charge < -0.3 is 5.32 Å². The average Bonchev–Trinajstić information content (AvgIpc) is 2.74. The van der Waals surface area contributed by atoms with Crippen LogP contribution in [-0.2, 0) is 21.4 Å². The van der Waals surface area contributed by atoms with Crippen molar-refractivity contribution in [1.29, 1.82) is 0 Å². The molecule has 0 aliphatic heterocycles. The lowest BCUT2D eigenvalue weighted by molar-refractivity contribution is -0.119. The minimum absolute atomic E-state index is 0.0730. The van der Waals surface area contributed by atoms with Crippen molar-refractivity contribution in [3.63, 3.8) is 0 Å². The molecule has 0 aromatic heterocycles. The minimum Gasteiger partial charge on any atom is -0.350 e. The number of aryl methyl sites for hydroxylation is 1. The molecule has 0 bridgehead atoms. The normalized spacial score (nSPS) is 11.2. The number of carbonyl (C=O) groups is 1. The van der Waals surface area contributed by atoms with Crippen molar-refractivity contribution in [1.82, 2.24) is 5.32 Å². The Hall–Kier alpha value is -2.90. The second kappa shape index (κ2) is 9.49. The summed E-state index contributed by atoms with van der Waals surface area (Å²) in [4.78, 5) is 12.7. The fourth-order valence-corrected chi connectivity index (χ4v) is 4.64. The van der Waals surface area contributed by atoms with Crippen molar-refractivity contribution in [2.75, 3.05) is 10.8 Å². The van der Waals surface area contributed by atoms with Gasteiger partial charge in [0, 0.05) is 11.6 Å². The second-order valence-corrected chi connectivity index (χ2v) is 9.38. The zero-order chi connectivity index (χ0) is 22.6. The molecule has 1 N–H and O–H groups in total. The van der Waals surface area contributed by atoms with Crippen LogP contribution in [0.5, 0.6) is 0 Å². The lowest BCUT2D eigenvalue weighted by Crippen LogP contribution is -2.41. The third-order valence-corrected chi connectivity index (χ3v) is 6.99. The Labute approximate surface area is 186 Å². The molecule has 3 aromatic rings. The van der Waals surface area contributed by atoms with Crippen LogP contribution >= 0.6 is 11.6 Å². The van der Waals surface area contributed by atoms with E-state index in [2.05, 4.69) is 5.32 Å². The maximum Gasteiger partial charge on any atom is 0.264 e. The average molecular weight is 461 g/mol. The fraction of sp³-hybridized carbons (Fsp3) is 0.174. The summed E-state index contributed by atoms with van der Waals surface area (Å²) in [6.45, 7) is 3.27. The van der Waals surface area contributed by atoms with Crippen LogP contribution in [0.3, 0.4) is 0 Å². The van der Waals surface area contributed by atoms with Gasteiger partial charge in [-0.3, -0.25) is 9.10 Å². The molecule has 8 heteroatoms. The van der Waals surface area contributed by atoms with E-state index in [1.807, 2.05) is 6.92 Å². The number of rotatable bonds is 7. The van der Waals surface area contributed by atoms with Crippen molar-refractivity contribution < 1.29 is 17.6 Å². The monoisotopic (exact) mass is 460 g/mol. The Morgan fingerprint density at radius 3 is 2.29 bits per heavy atom. The highest BCUT2D eigenvalue weighted by molar-refractivity contribution is 7.92. The van der Waals surface area contributed by atoms with Gasteiger partial charge in [-0.1, -0.05) is 47.5 Å². The van der Waals surface area contributed by atoms with Crippen molar-refractivity contribution in [3.8, 4) is 0 Å². The predicted molar refractivity (Wildman–Crippen MR) is 120 cm³/mol. The third-order valence-electron chi connectivity index (χ3n) is 4.81. The lowest BCUT2D eigenvalue weighted by Gasteiger charge is -2.26. The number of anilines is 1. The second-order valence-electron chi connectivity index (χ2n) is 7.11. The van der Waals surface area contributed by atoms with Gasteiger partial charge in [0.25, 0.3) is 10.0 Å². The van der Waals surface area contributed by atoms with Gasteiger partial charge >= 0.3 is 0 Å². The van der Waals surface area contributed by atoms with Gasteiger partial charge in [-0.05, 0) is 61.4 Å². The molecule has 0 heterocycles. The zero-order valence-electron chi connectivity index (χ0n) is 17.1. The van der Waals surface area contributed by atoms with E-state index in [4.69, 9.17) is 11.6 Å². The Kier molecular flexibility index (Phi) is 6.97. The van der Waals surface area contributed by atoms with Crippen molar-refractivity contribution in [3.05, 3.63) is 94.3 Å². The highest BCUT2D eigenvalue weighted by Crippen LogP contribution is 2.30. The van der Waals surface area contributed by atoms with E-state index < -0.39 is 22.5 Å². The van der Waals surface area contributed by atoms with Crippen LogP contribution in [-0.4, -0.2) is 20.9 Å². The summed E-state index contributed by atoms with van der Waals surface area (Å²) in [5, 5.41) is 3.08. The highest BCUT2D eigenvalue weighted by atomic mass is 35.5. The van der Waals surface area contributed by atoms with Crippen molar-refractivity contribution >= 4 is 33.2 Å². The first kappa shape index (κ1) is 22.8. The molecule has 3 rings (SSSR count). The lowest BCUT2D eigenvalue weighted by atomic mass is 10.2. The fourth-order valence-electron chi connectivity index (χ4n) is 2.99. The van der Waals surface area contributed by atoms with E-state index in [0.717, 1.165) is 9.87 Å². The first-order chi connectivity index (χ1) is 14.7. The number of nitrogens with one attached hydrogen (secondary N) is 1. The molecule has 31 heavy (non-hydrogen) atoms. The van der Waals surface area contributed by atoms with Crippen LogP contribution in [0.4, 0.5) is 10.1 Å². The maximum absolute atomic E-state index is 13.4. The topological polar surface area (TPSA) is 66.5 Å². The third kappa shape index (κ3) is 5.42. The molecule has 162 valence electrons. The van der Waals surface area contributed by atoms with Crippen LogP contribution in [0.15, 0.2) is 71.6 Å². The SMILES string of the molecule is Cc1ccc(S(=O)(=O)N(CC(=O)NCc2ccc(F)cc2)c2cccc(Cl)c2C)cc1. The van der Waals surface area contributed by atoms with Gasteiger partial charge in [-0.25, -0.2) is 12.8 Å². The number of sulfonamides is 1. The van der Waals surface area contributed by atoms with Crippen LogP contribution in [0.25, 0.3) is 0 Å². The summed E-state index contributed by atoms with van der Waals surface area (Å²) in [5.41, 5.74) is 2.49. The molecule has 0 atom stereocenters. The summed E-state index contributed by atoms with van der Waals surface area (Å²) in [6, 6.07) is 17.0. The number of amides is 1. The van der Waals surface area contributed by atoms with Gasteiger partial charge in [0.05, 0.1) is 10.6 Å². The van der Waals surface area contributed by atoms with Gasteiger partial charge in [-0.15, -0.1) is 0 Å². The molecule has 0 saturated carbocycles. The summed E-state index contributed by atoms with van der Waals surface area (Å²) >= 11 is 6.21. The smallest absolute Gasteiger partial charge is 0.264 e. The largest absolute Gasteiger partial charge is 0.350 e. The van der Waals surface area contributed by atoms with E-state index in [-0.39, 0.29) is 17.3 Å². The van der Waals surface area contributed by atoms with E-state index in [9.17, 15) is 17.6 Å². The molecule has 1 amide bonds. The Morgan fingerprint density at radius 2 is 1.65 bits per heavy atom. The maximum atomic E-state index is 13.4. The van der Waals surface area contributed by atoms with E-state index in [0.29, 0.717) is 21.8 Å². The van der Waals surface area contributed by atoms with Crippen molar-refractivity contribution in [2.24, 2.45) is 0 Å². The molecule has 3 aromatic carbocycles. The van der Waals surface area contributed by atoms with Crippen molar-refractivity contribution in [2.45, 2.75) is 25.3 Å². The molecule has 5 nitrogen and oxygen atoms in total. The molecule has 0 unspecified atom stereocenters. The van der Waals surface area contributed by atoms with Gasteiger partial charge in [0.2, 0.25) is 5.91 Å². The first-order valence-electron chi connectivity index (χ1n) is 9.54. The summed E-state index contributed by atoms with van der Waals surface area (Å²) in [6.07, 6.45) is 0. The van der Waals surface area contributed by atoms with E-state index in [1.54, 1.807) is 49.4 Å². The van der Waals surface area contributed by atoms with E-state index >= 15 is 0 Å². The first-order valence-corrected chi connectivity index (χ1v) is 11.4. The van der Waals surface area contributed by atoms with Crippen LogP contribution < -0.4 is 9.62 Å². The number of hydrogen-bond acceptors (Lipinski definition) is 3. The summed E-state index contributed by atoms with van der Waals surface area (Å²) in [7, 11) is -4.03. The zero-order valence-corrected chi connectivity index (χ0v) is 18.7. The molecule has 0 radical (unpaired) electrons. The van der Waals surface area contributed by atoms with Crippen LogP contribution in [0.2, 0.25) is 5.02 Å². The standard InChI is InChI=1S/C23H22ClFN2O3S/c1-16-6-12-20(13-7-16)31(29,30)27(22-5-3-4-21(24)17(22)2)15-23(28)26-14-18-8-10-19(25)11-9-18/h3-13H,14-15H2,1-2H3,(H,26,28). The van der Waals surface area contributed by atoms with Gasteiger partial charge in [0.15, 0.2) is 0 Å². The number of carbonyl (C=O) groups excluding carboxylic acids is 1. The molecule has 0 fully saturated rings. The quantitative estimate of drug-likeness (QED) is 0.560. The molecule has 0 aliphatic rings. The van der Waals surface area contributed by atoms with E-state index in [1.165, 1.54) is 24.3 Å². The number of hydrogen-bond donors (Lipinski definition) is 1. The Morgan fingerprint density at radius 1 is 1.00 bits per heavy atom. The van der Waals surface area contributed by atoms with Crippen LogP contribution in [0.1, 0.15) is 16.7 Å². The number of halogens is 2. The summed E-state index contributed by atoms with van der Waals surface area (Å²) < 4.78 is 40.9. The molecule has 0 aliphatic carbocycles. The number of benzene rings is 3. The Balaban J connectivity index is 1.90. The highest BCUT2D eigenvalue weighted by Gasteiger charge is 2.28. The van der Waals surface area contributed by atoms with Gasteiger partial charge in [-0.2, -0.15) is 0 Å².